The van der Waals surface area contributed by atoms with Gasteiger partial charge in [-0.3, -0.25) is 29.3 Å². The minimum atomic E-state index is -2.79. The number of fused-ring (bicyclic) bond motifs is 3. The van der Waals surface area contributed by atoms with Crippen molar-refractivity contribution in [3.05, 3.63) is 82.9 Å². The van der Waals surface area contributed by atoms with Gasteiger partial charge in [0.05, 0.1) is 24.0 Å². The normalized spacial score (nSPS) is 18.3. The van der Waals surface area contributed by atoms with E-state index < -0.39 is 12.5 Å². The average Bonchev–Trinajstić information content (AvgIpc) is 3.95. The molecule has 3 fully saturated rings. The molecule has 340 valence electrons. The molecular weight excluding hydrogens is 839 g/mol. The van der Waals surface area contributed by atoms with Gasteiger partial charge in [0.1, 0.15) is 11.4 Å². The summed E-state index contributed by atoms with van der Waals surface area (Å²) >= 11 is 0. The molecular formula is C47H52F2N10O6. The molecule has 0 unspecified atom stereocenters. The fourth-order valence-corrected chi connectivity index (χ4v) is 10.1. The third-order valence-corrected chi connectivity index (χ3v) is 13.6. The first-order valence-electron chi connectivity index (χ1n) is 22.5. The number of nitrogens with zero attached hydrogens (tertiary/aromatic N) is 9. The zero-order valence-electron chi connectivity index (χ0n) is 36.6. The topological polar surface area (TPSA) is 150 Å². The highest BCUT2D eigenvalue weighted by Crippen LogP contribution is 2.46. The van der Waals surface area contributed by atoms with Crippen LogP contribution in [0, 0.1) is 6.92 Å². The molecule has 10 rings (SSSR count). The smallest absolute Gasteiger partial charge is 0.328 e. The molecule has 65 heavy (non-hydrogen) atoms. The van der Waals surface area contributed by atoms with Crippen LogP contribution in [0.25, 0.3) is 16.8 Å². The van der Waals surface area contributed by atoms with Crippen molar-refractivity contribution in [3.63, 3.8) is 0 Å². The zero-order valence-corrected chi connectivity index (χ0v) is 36.6. The molecule has 0 atom stereocenters. The molecule has 8 heterocycles. The molecule has 5 aromatic rings. The molecule has 16 nitrogen and oxygen atoms in total. The number of aromatic nitrogens is 4. The number of hydrogen-bond acceptors (Lipinski definition) is 10. The molecule has 0 saturated carbocycles. The van der Waals surface area contributed by atoms with E-state index in [0.29, 0.717) is 111 Å². The van der Waals surface area contributed by atoms with Gasteiger partial charge in [-0.1, -0.05) is 6.07 Å². The number of carbonyl (C=O) groups is 4. The number of aryl methyl sites for hydroxylation is 1. The van der Waals surface area contributed by atoms with E-state index in [1.807, 2.05) is 40.8 Å². The number of benzene rings is 2. The van der Waals surface area contributed by atoms with Crippen LogP contribution in [-0.2, 0) is 38.5 Å². The van der Waals surface area contributed by atoms with E-state index in [4.69, 9.17) is 14.6 Å². The van der Waals surface area contributed by atoms with E-state index in [1.165, 1.54) is 4.90 Å². The predicted octanol–water partition coefficient (Wildman–Crippen LogP) is 5.96. The van der Waals surface area contributed by atoms with Gasteiger partial charge in [0.15, 0.2) is 12.4 Å². The Labute approximate surface area is 374 Å². The molecule has 0 bridgehead atoms. The Hall–Kier alpha value is -6.56. The summed E-state index contributed by atoms with van der Waals surface area (Å²) in [6.45, 7) is 8.06. The monoisotopic (exact) mass is 890 g/mol. The Balaban J connectivity index is 0.915. The van der Waals surface area contributed by atoms with Crippen LogP contribution in [0.5, 0.6) is 5.75 Å². The minimum Gasteiger partial charge on any atom is -0.483 e. The maximum absolute atomic E-state index is 15.6. The van der Waals surface area contributed by atoms with Crippen molar-refractivity contribution in [2.24, 2.45) is 0 Å². The van der Waals surface area contributed by atoms with Gasteiger partial charge >= 0.3 is 6.03 Å². The number of hydrogen-bond donors (Lipinski definition) is 1. The van der Waals surface area contributed by atoms with Gasteiger partial charge in [-0.2, -0.15) is 5.10 Å². The van der Waals surface area contributed by atoms with Crippen molar-refractivity contribution >= 4 is 52.3 Å². The molecule has 5 aliphatic rings. The third-order valence-electron chi connectivity index (χ3n) is 13.6. The Kier molecular flexibility index (Phi) is 11.4. The summed E-state index contributed by atoms with van der Waals surface area (Å²) in [5, 5.41) is 7.59. The highest BCUT2D eigenvalue weighted by atomic mass is 19.3. The Morgan fingerprint density at radius 1 is 0.908 bits per heavy atom. The summed E-state index contributed by atoms with van der Waals surface area (Å²) < 4.78 is 46.9. The highest BCUT2D eigenvalue weighted by molar-refractivity contribution is 6.06. The molecule has 5 amide bonds. The average molecular weight is 891 g/mol. The molecule has 1 N–H and O–H groups in total. The van der Waals surface area contributed by atoms with Crippen molar-refractivity contribution in [2.75, 3.05) is 80.3 Å². The van der Waals surface area contributed by atoms with Gasteiger partial charge < -0.3 is 33.5 Å². The lowest BCUT2D eigenvalue weighted by Gasteiger charge is -2.37. The fraction of sp³-hybridized carbons (Fsp3) is 0.447. The van der Waals surface area contributed by atoms with E-state index in [0.717, 1.165) is 47.6 Å². The van der Waals surface area contributed by atoms with Crippen molar-refractivity contribution in [1.29, 1.82) is 0 Å². The van der Waals surface area contributed by atoms with Crippen LogP contribution in [0.4, 0.5) is 36.5 Å². The van der Waals surface area contributed by atoms with E-state index in [1.54, 1.807) is 42.3 Å². The van der Waals surface area contributed by atoms with E-state index in [-0.39, 0.29) is 48.9 Å². The van der Waals surface area contributed by atoms with Crippen LogP contribution >= 0.6 is 0 Å². The number of alkyl halides is 2. The molecule has 0 aliphatic carbocycles. The number of rotatable bonds is 9. The minimum absolute atomic E-state index is 0.00314. The molecule has 0 spiro atoms. The summed E-state index contributed by atoms with van der Waals surface area (Å²) in [4.78, 5) is 64.3. The van der Waals surface area contributed by atoms with Crippen LogP contribution in [0.2, 0.25) is 0 Å². The van der Waals surface area contributed by atoms with Crippen LogP contribution in [0.15, 0.2) is 55.0 Å². The van der Waals surface area contributed by atoms with Crippen LogP contribution in [0.3, 0.4) is 0 Å². The summed E-state index contributed by atoms with van der Waals surface area (Å²) in [6.07, 6.45) is 6.71. The fourth-order valence-electron chi connectivity index (χ4n) is 10.1. The maximum Gasteiger partial charge on any atom is 0.328 e. The van der Waals surface area contributed by atoms with Gasteiger partial charge in [0, 0.05) is 131 Å². The first-order chi connectivity index (χ1) is 31.5. The van der Waals surface area contributed by atoms with Crippen molar-refractivity contribution in [2.45, 2.75) is 71.4 Å². The van der Waals surface area contributed by atoms with Crippen molar-refractivity contribution in [1.82, 2.24) is 34.3 Å². The number of piperazine rings is 1. The number of pyridine rings is 1. The number of amides is 5. The first-order valence-corrected chi connectivity index (χ1v) is 22.5. The number of carbonyl (C=O) groups excluding carboxylic acids is 4. The first kappa shape index (κ1) is 42.4. The van der Waals surface area contributed by atoms with Crippen LogP contribution in [-0.4, -0.2) is 118 Å². The molecule has 2 aromatic carbocycles. The summed E-state index contributed by atoms with van der Waals surface area (Å²) in [7, 11) is 0. The standard InChI is InChI=1S/C47H52F2N10O6/c1-29-37(58-15-9-43(61)51-47(58)63)6-3-7-41(29)65-28-44(62)54-19-17-53(18-20-54)40-27-56-16-12-50-42(56)25-34(40)33-23-31-5-4-13-57(39(31)24-35(33)45(48)49)46-36-26-55(30(2)60)14-8-38(36)59(52-46)32-10-21-64-22-11-32/h3,6-7,12,16,23-25,27,32,45H,4-5,8-11,13-15,17-22,26,28H2,1-2H3,(H,51,61,63). The number of imide groups is 1. The second-order valence-electron chi connectivity index (χ2n) is 17.4. The third kappa shape index (κ3) is 8.01. The number of imidazole rings is 1. The van der Waals surface area contributed by atoms with E-state index in [2.05, 4.69) is 24.8 Å². The number of urea groups is 1. The summed E-state index contributed by atoms with van der Waals surface area (Å²) in [5.74, 6) is 0.671. The molecule has 18 heteroatoms. The highest BCUT2D eigenvalue weighted by Gasteiger charge is 2.35. The van der Waals surface area contributed by atoms with Crippen LogP contribution < -0.4 is 24.8 Å². The SMILES string of the molecule is CC(=O)N1CCc2c(c(N3CCCc4cc(-c5cc6nccn6cc5N5CCN(C(=O)COc6cccc(N7CCC(=O)NC7=O)c6C)CC5)c(C(F)F)cc43)nn2C2CCOCC2)C1. The van der Waals surface area contributed by atoms with Crippen molar-refractivity contribution < 1.29 is 37.4 Å². The van der Waals surface area contributed by atoms with Gasteiger partial charge in [-0.25, -0.2) is 18.6 Å². The van der Waals surface area contributed by atoms with E-state index >= 15 is 8.78 Å². The van der Waals surface area contributed by atoms with Gasteiger partial charge in [0.25, 0.3) is 12.3 Å². The molecule has 0 radical (unpaired) electrons. The quantitative estimate of drug-likeness (QED) is 0.188. The number of halogens is 2. The summed E-state index contributed by atoms with van der Waals surface area (Å²) in [6, 6.07) is 10.4. The van der Waals surface area contributed by atoms with Gasteiger partial charge in [-0.05, 0) is 74.1 Å². The number of anilines is 4. The van der Waals surface area contributed by atoms with Crippen molar-refractivity contribution in [3.8, 4) is 16.9 Å². The molecule has 3 aromatic heterocycles. The number of ether oxygens (including phenoxy) is 2. The largest absolute Gasteiger partial charge is 0.483 e. The summed E-state index contributed by atoms with van der Waals surface area (Å²) in [5.41, 5.74) is 7.42. The Morgan fingerprint density at radius 3 is 2.49 bits per heavy atom. The predicted molar refractivity (Wildman–Crippen MR) is 238 cm³/mol. The Morgan fingerprint density at radius 2 is 1.72 bits per heavy atom. The lowest BCUT2D eigenvalue weighted by atomic mass is 9.91. The molecule has 5 aliphatic heterocycles. The van der Waals surface area contributed by atoms with Gasteiger partial charge in [-0.15, -0.1) is 0 Å². The zero-order chi connectivity index (χ0) is 44.9. The lowest BCUT2D eigenvalue weighted by Crippen LogP contribution is -2.50. The maximum atomic E-state index is 15.6. The van der Waals surface area contributed by atoms with Crippen LogP contribution in [0.1, 0.15) is 73.0 Å². The lowest BCUT2D eigenvalue weighted by molar-refractivity contribution is -0.133. The number of nitrogens with one attached hydrogen (secondary N) is 1. The van der Waals surface area contributed by atoms with E-state index in [9.17, 15) is 19.2 Å². The second-order valence-corrected chi connectivity index (χ2v) is 17.4. The molecule has 3 saturated heterocycles. The van der Waals surface area contributed by atoms with Gasteiger partial charge in [0.2, 0.25) is 11.8 Å². The second kappa shape index (κ2) is 17.4. The Bertz CT molecular complexity index is 2690.